The summed E-state index contributed by atoms with van der Waals surface area (Å²) in [6, 6.07) is 0. The first-order valence-electron chi connectivity index (χ1n) is 3.43. The van der Waals surface area contributed by atoms with E-state index in [1.807, 2.05) is 0 Å². The van der Waals surface area contributed by atoms with Gasteiger partial charge in [-0.15, -0.1) is 0 Å². The Morgan fingerprint density at radius 3 is 2.42 bits per heavy atom. The molecule has 0 aliphatic carbocycles. The van der Waals surface area contributed by atoms with Crippen molar-refractivity contribution in [1.82, 2.24) is 0 Å². The topological polar surface area (TPSA) is 90.2 Å². The summed E-state index contributed by atoms with van der Waals surface area (Å²) in [7, 11) is 0. The third kappa shape index (κ3) is 2.65. The van der Waals surface area contributed by atoms with Crippen molar-refractivity contribution < 1.29 is 56.1 Å². The van der Waals surface area contributed by atoms with Gasteiger partial charge in [-0.05, 0) is 0 Å². The molecule has 1 saturated heterocycles. The van der Waals surface area contributed by atoms with Gasteiger partial charge in [0.2, 0.25) is 0 Å². The normalized spacial score (nSPS) is 37.5. The van der Waals surface area contributed by atoms with Crippen LogP contribution in [0.15, 0.2) is 0 Å². The van der Waals surface area contributed by atoms with Crippen LogP contribution in [0.3, 0.4) is 0 Å². The Labute approximate surface area is 93.7 Å². The molecule has 1 rings (SSSR count). The predicted molar refractivity (Wildman–Crippen MR) is 36.0 cm³/mol. The van der Waals surface area contributed by atoms with E-state index < -0.39 is 31.0 Å². The van der Waals surface area contributed by atoms with Crippen molar-refractivity contribution >= 4 is 0 Å². The van der Waals surface area contributed by atoms with Gasteiger partial charge in [0.25, 0.3) is 0 Å². The van der Waals surface area contributed by atoms with Crippen molar-refractivity contribution in [2.45, 2.75) is 24.4 Å². The average molecular weight is 188 g/mol. The number of rotatable bonds is 2. The van der Waals surface area contributed by atoms with Crippen LogP contribution in [0.25, 0.3) is 0 Å². The second kappa shape index (κ2) is 5.51. The Balaban J connectivity index is 0. The summed E-state index contributed by atoms with van der Waals surface area (Å²) < 4.78 is 4.82. The van der Waals surface area contributed by atoms with Crippen LogP contribution in [0.5, 0.6) is 0 Å². The molecule has 1 fully saturated rings. The molecule has 0 unspecified atom stereocenters. The summed E-state index contributed by atoms with van der Waals surface area (Å²) in [5, 5.41) is 35.5. The Morgan fingerprint density at radius 2 is 2.08 bits per heavy atom. The minimum Gasteiger partial charge on any atom is -1.00 e. The van der Waals surface area contributed by atoms with Crippen molar-refractivity contribution in [3.8, 4) is 0 Å². The molecule has 0 aromatic heterocycles. The molecule has 0 aromatic carbocycles. The van der Waals surface area contributed by atoms with Gasteiger partial charge in [0, 0.05) is 0 Å². The first kappa shape index (κ1) is 12.8. The minimum atomic E-state index is -1.12. The molecule has 0 bridgehead atoms. The molecule has 1 heterocycles. The van der Waals surface area contributed by atoms with Crippen LogP contribution < -0.4 is 29.6 Å². The van der Waals surface area contributed by atoms with Crippen LogP contribution in [-0.4, -0.2) is 58.1 Å². The zero-order valence-corrected chi connectivity index (χ0v) is 8.92. The number of hydrogen-bond donors (Lipinski definition) is 4. The maximum atomic E-state index is 9.11. The van der Waals surface area contributed by atoms with Crippen molar-refractivity contribution in [2.24, 2.45) is 0 Å². The van der Waals surface area contributed by atoms with E-state index in [0.717, 1.165) is 0 Å². The second-order valence-corrected chi connectivity index (χ2v) is 2.61. The molecule has 0 spiro atoms. The van der Waals surface area contributed by atoms with Gasteiger partial charge in [0.1, 0.15) is 24.4 Å². The zero-order valence-electron chi connectivity index (χ0n) is 7.92. The molecule has 0 radical (unpaired) electrons. The van der Waals surface area contributed by atoms with Gasteiger partial charge < -0.3 is 26.6 Å². The van der Waals surface area contributed by atoms with Gasteiger partial charge >= 0.3 is 29.6 Å². The van der Waals surface area contributed by atoms with Crippen LogP contribution in [0.4, 0.5) is 0 Å². The van der Waals surface area contributed by atoms with Gasteiger partial charge in [-0.1, -0.05) is 0 Å². The second-order valence-electron chi connectivity index (χ2n) is 2.61. The molecule has 4 atom stereocenters. The van der Waals surface area contributed by atoms with Crippen LogP contribution >= 0.6 is 0 Å². The molecule has 5 nitrogen and oxygen atoms in total. The van der Waals surface area contributed by atoms with E-state index in [9.17, 15) is 0 Å². The van der Waals surface area contributed by atoms with E-state index >= 15 is 0 Å². The molecule has 0 saturated carbocycles. The number of aliphatic hydroxyl groups excluding tert-OH is 4. The molecule has 68 valence electrons. The molecule has 1 aliphatic heterocycles. The SMILES string of the molecule is OC[C@@H](O)[C@H]1OC[C@H](O)[C@H]1O.[H-].[Na+]. The predicted octanol–water partition coefficient (Wildman–Crippen LogP) is -5.42. The van der Waals surface area contributed by atoms with Crippen LogP contribution in [0.1, 0.15) is 1.43 Å². The van der Waals surface area contributed by atoms with E-state index in [-0.39, 0.29) is 37.6 Å². The van der Waals surface area contributed by atoms with Gasteiger partial charge in [0.15, 0.2) is 0 Å². The molecule has 6 heteroatoms. The van der Waals surface area contributed by atoms with Crippen LogP contribution in [-0.2, 0) is 4.74 Å². The first-order valence-corrected chi connectivity index (χ1v) is 3.43. The molecule has 0 amide bonds. The Hall–Kier alpha value is 0.800. The van der Waals surface area contributed by atoms with E-state index in [1.54, 1.807) is 0 Å². The maximum absolute atomic E-state index is 9.11. The number of aliphatic hydroxyl groups is 4. The van der Waals surface area contributed by atoms with Gasteiger partial charge in [-0.3, -0.25) is 0 Å². The zero-order chi connectivity index (χ0) is 8.43. The van der Waals surface area contributed by atoms with Crippen LogP contribution in [0, 0.1) is 0 Å². The first-order chi connectivity index (χ1) is 5.16. The van der Waals surface area contributed by atoms with Crippen molar-refractivity contribution in [1.29, 1.82) is 0 Å². The summed E-state index contributed by atoms with van der Waals surface area (Å²) >= 11 is 0. The summed E-state index contributed by atoms with van der Waals surface area (Å²) in [6.07, 6.45) is -4.05. The quantitative estimate of drug-likeness (QED) is 0.325. The van der Waals surface area contributed by atoms with Crippen molar-refractivity contribution in [3.63, 3.8) is 0 Å². The molecule has 12 heavy (non-hydrogen) atoms. The molecular weight excluding hydrogens is 175 g/mol. The fraction of sp³-hybridized carbons (Fsp3) is 1.00. The van der Waals surface area contributed by atoms with E-state index in [2.05, 4.69) is 0 Å². The maximum Gasteiger partial charge on any atom is 1.00 e. The van der Waals surface area contributed by atoms with Gasteiger partial charge in [-0.2, -0.15) is 0 Å². The Morgan fingerprint density at radius 1 is 1.50 bits per heavy atom. The summed E-state index contributed by atoms with van der Waals surface area (Å²) in [4.78, 5) is 0. The molecular formula is C6H13NaO5. The van der Waals surface area contributed by atoms with E-state index in [0.29, 0.717) is 0 Å². The monoisotopic (exact) mass is 188 g/mol. The fourth-order valence-corrected chi connectivity index (χ4v) is 1.07. The third-order valence-corrected chi connectivity index (χ3v) is 1.76. The summed E-state index contributed by atoms with van der Waals surface area (Å²) in [6.45, 7) is -0.475. The average Bonchev–Trinajstić information content (AvgIpc) is 2.32. The smallest absolute Gasteiger partial charge is 1.00 e. The standard InChI is InChI=1S/C6H12O5.Na.H/c7-1-3(8)6-5(10)4(9)2-11-6;;/h3-10H,1-2H2;;/q;+1;-1/t3-,4+,5-,6-;;/m1../s1. The fourth-order valence-electron chi connectivity index (χ4n) is 1.07. The Kier molecular flexibility index (Phi) is 5.88. The summed E-state index contributed by atoms with van der Waals surface area (Å²) in [5.41, 5.74) is 0. The van der Waals surface area contributed by atoms with E-state index in [4.69, 9.17) is 25.2 Å². The summed E-state index contributed by atoms with van der Waals surface area (Å²) in [5.74, 6) is 0. The minimum absolute atomic E-state index is 0. The van der Waals surface area contributed by atoms with Crippen molar-refractivity contribution in [3.05, 3.63) is 0 Å². The Bertz CT molecular complexity index is 138. The molecule has 0 aromatic rings. The molecule has 1 aliphatic rings. The van der Waals surface area contributed by atoms with E-state index in [1.165, 1.54) is 0 Å². The third-order valence-electron chi connectivity index (χ3n) is 1.76. The molecule has 4 N–H and O–H groups in total. The van der Waals surface area contributed by atoms with Gasteiger partial charge in [-0.25, -0.2) is 0 Å². The van der Waals surface area contributed by atoms with Crippen LogP contribution in [0.2, 0.25) is 0 Å². The van der Waals surface area contributed by atoms with Gasteiger partial charge in [0.05, 0.1) is 13.2 Å². The number of ether oxygens (including phenoxy) is 1. The largest absolute Gasteiger partial charge is 1.00 e. The van der Waals surface area contributed by atoms with Crippen molar-refractivity contribution in [2.75, 3.05) is 13.2 Å². The number of hydrogen-bond acceptors (Lipinski definition) is 5.